The number of nitrogens with zero attached hydrogens (tertiary/aromatic N) is 3. The Balaban J connectivity index is 1.93. The van der Waals surface area contributed by atoms with Gasteiger partial charge in [0.15, 0.2) is 5.69 Å². The Morgan fingerprint density at radius 3 is 2.24 bits per heavy atom. The molecular weight excluding hydrogens is 312 g/mol. The molecule has 0 saturated carbocycles. The van der Waals surface area contributed by atoms with Crippen molar-refractivity contribution in [3.63, 3.8) is 0 Å². The van der Waals surface area contributed by atoms with Gasteiger partial charge >= 0.3 is 0 Å². The fraction of sp³-hybridized carbons (Fsp3) is 0.250. The molecule has 0 unspecified atom stereocenters. The highest BCUT2D eigenvalue weighted by Crippen LogP contribution is 2.21. The number of rotatable bonds is 3. The van der Waals surface area contributed by atoms with E-state index in [-0.39, 0.29) is 5.91 Å². The molecule has 1 aromatic heterocycles. The Labute approximate surface area is 147 Å². The minimum absolute atomic E-state index is 0.245. The number of carbonyl (C=O) groups is 1. The van der Waals surface area contributed by atoms with E-state index in [1.165, 1.54) is 11.1 Å². The molecule has 128 valence electrons. The summed E-state index contributed by atoms with van der Waals surface area (Å²) in [7, 11) is 0. The Bertz CT molecular complexity index is 936. The summed E-state index contributed by atoms with van der Waals surface area (Å²) in [6.07, 6.45) is 0. The number of hydrogen-bond donors (Lipinski definition) is 1. The first kappa shape index (κ1) is 16.9. The summed E-state index contributed by atoms with van der Waals surface area (Å²) in [6, 6.07) is 12.0. The normalized spacial score (nSPS) is 10.8. The van der Waals surface area contributed by atoms with Gasteiger partial charge in [0, 0.05) is 5.69 Å². The van der Waals surface area contributed by atoms with Gasteiger partial charge < -0.3 is 5.32 Å². The molecule has 0 aliphatic rings. The van der Waals surface area contributed by atoms with Gasteiger partial charge in [-0.05, 0) is 69.0 Å². The average Bonchev–Trinajstić information content (AvgIpc) is 2.95. The summed E-state index contributed by atoms with van der Waals surface area (Å²) in [5.74, 6) is -0.245. The van der Waals surface area contributed by atoms with Crippen molar-refractivity contribution in [2.75, 3.05) is 5.32 Å². The van der Waals surface area contributed by atoms with E-state index >= 15 is 0 Å². The van der Waals surface area contributed by atoms with Crippen molar-refractivity contribution in [1.82, 2.24) is 15.0 Å². The minimum Gasteiger partial charge on any atom is -0.320 e. The van der Waals surface area contributed by atoms with Gasteiger partial charge in [0.1, 0.15) is 0 Å². The van der Waals surface area contributed by atoms with Crippen molar-refractivity contribution in [3.8, 4) is 5.69 Å². The van der Waals surface area contributed by atoms with Crippen molar-refractivity contribution in [1.29, 1.82) is 0 Å². The fourth-order valence-corrected chi connectivity index (χ4v) is 2.83. The van der Waals surface area contributed by atoms with Crippen molar-refractivity contribution >= 4 is 11.6 Å². The second-order valence-electron chi connectivity index (χ2n) is 6.42. The highest BCUT2D eigenvalue weighted by Gasteiger charge is 2.19. The van der Waals surface area contributed by atoms with Gasteiger partial charge in [0.05, 0.1) is 11.4 Å². The van der Waals surface area contributed by atoms with Crippen LogP contribution >= 0.6 is 0 Å². The quantitative estimate of drug-likeness (QED) is 0.786. The second kappa shape index (κ2) is 6.51. The van der Waals surface area contributed by atoms with Crippen LogP contribution in [0, 0.1) is 34.6 Å². The van der Waals surface area contributed by atoms with Gasteiger partial charge in [-0.2, -0.15) is 0 Å². The molecule has 25 heavy (non-hydrogen) atoms. The van der Waals surface area contributed by atoms with Crippen LogP contribution in [-0.2, 0) is 0 Å². The lowest BCUT2D eigenvalue weighted by molar-refractivity contribution is 0.102. The maximum atomic E-state index is 12.7. The van der Waals surface area contributed by atoms with Gasteiger partial charge in [-0.1, -0.05) is 29.5 Å². The van der Waals surface area contributed by atoms with E-state index in [1.54, 1.807) is 4.68 Å². The molecule has 0 aliphatic carbocycles. The van der Waals surface area contributed by atoms with E-state index in [9.17, 15) is 4.79 Å². The van der Waals surface area contributed by atoms with E-state index in [4.69, 9.17) is 0 Å². The highest BCUT2D eigenvalue weighted by atomic mass is 16.2. The van der Waals surface area contributed by atoms with Crippen LogP contribution in [-0.4, -0.2) is 20.9 Å². The number of anilines is 1. The summed E-state index contributed by atoms with van der Waals surface area (Å²) < 4.78 is 1.70. The van der Waals surface area contributed by atoms with Crippen LogP contribution in [0.15, 0.2) is 36.4 Å². The largest absolute Gasteiger partial charge is 0.320 e. The van der Waals surface area contributed by atoms with Gasteiger partial charge in [0.25, 0.3) is 5.91 Å². The summed E-state index contributed by atoms with van der Waals surface area (Å²) >= 11 is 0. The Hall–Kier alpha value is -2.95. The van der Waals surface area contributed by atoms with Crippen LogP contribution in [0.4, 0.5) is 5.69 Å². The predicted octanol–water partition coefficient (Wildman–Crippen LogP) is 4.06. The predicted molar refractivity (Wildman–Crippen MR) is 99.4 cm³/mol. The minimum atomic E-state index is -0.245. The Morgan fingerprint density at radius 2 is 1.60 bits per heavy atom. The van der Waals surface area contributed by atoms with Gasteiger partial charge in [0.2, 0.25) is 0 Å². The number of aromatic nitrogens is 3. The van der Waals surface area contributed by atoms with Crippen LogP contribution in [0.5, 0.6) is 0 Å². The molecule has 5 heteroatoms. The third kappa shape index (κ3) is 3.18. The smallest absolute Gasteiger partial charge is 0.278 e. The van der Waals surface area contributed by atoms with Crippen LogP contribution in [0.3, 0.4) is 0 Å². The molecule has 3 rings (SSSR count). The third-order valence-electron chi connectivity index (χ3n) is 4.56. The molecule has 0 saturated heterocycles. The molecule has 0 spiro atoms. The molecule has 5 nitrogen and oxygen atoms in total. The summed E-state index contributed by atoms with van der Waals surface area (Å²) in [4.78, 5) is 12.7. The van der Waals surface area contributed by atoms with Crippen molar-refractivity contribution in [2.45, 2.75) is 34.6 Å². The molecule has 0 atom stereocenters. The molecule has 0 radical (unpaired) electrons. The van der Waals surface area contributed by atoms with Gasteiger partial charge in [-0.3, -0.25) is 4.79 Å². The number of amides is 1. The van der Waals surface area contributed by atoms with E-state index < -0.39 is 0 Å². The van der Waals surface area contributed by atoms with E-state index in [1.807, 2.05) is 57.2 Å². The first-order chi connectivity index (χ1) is 11.9. The lowest BCUT2D eigenvalue weighted by Gasteiger charge is -2.11. The molecule has 2 aromatic carbocycles. The molecular formula is C20H22N4O. The number of hydrogen-bond acceptors (Lipinski definition) is 3. The number of nitrogens with one attached hydrogen (secondary N) is 1. The maximum absolute atomic E-state index is 12.7. The summed E-state index contributed by atoms with van der Waals surface area (Å²) in [5.41, 5.74) is 7.21. The van der Waals surface area contributed by atoms with Crippen LogP contribution in [0.1, 0.15) is 38.4 Å². The zero-order valence-electron chi connectivity index (χ0n) is 15.2. The number of carbonyl (C=O) groups excluding carboxylic acids is 1. The van der Waals surface area contributed by atoms with E-state index in [0.29, 0.717) is 11.4 Å². The summed E-state index contributed by atoms with van der Waals surface area (Å²) in [5, 5.41) is 11.2. The monoisotopic (exact) mass is 334 g/mol. The molecule has 0 aliphatic heterocycles. The maximum Gasteiger partial charge on any atom is 0.278 e. The summed E-state index contributed by atoms with van der Waals surface area (Å²) in [6.45, 7) is 9.92. The third-order valence-corrected chi connectivity index (χ3v) is 4.56. The van der Waals surface area contributed by atoms with Crippen LogP contribution in [0.2, 0.25) is 0 Å². The zero-order valence-corrected chi connectivity index (χ0v) is 15.2. The number of para-hydroxylation sites is 1. The molecule has 0 fully saturated rings. The molecule has 1 amide bonds. The second-order valence-corrected chi connectivity index (χ2v) is 6.42. The zero-order chi connectivity index (χ0) is 18.1. The molecule has 0 bridgehead atoms. The van der Waals surface area contributed by atoms with Crippen molar-refractivity contribution < 1.29 is 4.79 Å². The molecule has 3 aromatic rings. The molecule has 1 heterocycles. The van der Waals surface area contributed by atoms with Gasteiger partial charge in [-0.15, -0.1) is 5.10 Å². The van der Waals surface area contributed by atoms with Crippen molar-refractivity contribution in [3.05, 3.63) is 70.0 Å². The van der Waals surface area contributed by atoms with Gasteiger partial charge in [-0.25, -0.2) is 4.68 Å². The first-order valence-electron chi connectivity index (χ1n) is 8.26. The van der Waals surface area contributed by atoms with Crippen molar-refractivity contribution in [2.24, 2.45) is 0 Å². The molecule has 1 N–H and O–H groups in total. The first-order valence-corrected chi connectivity index (χ1v) is 8.26. The topological polar surface area (TPSA) is 59.8 Å². The lowest BCUT2D eigenvalue weighted by Crippen LogP contribution is -2.15. The van der Waals surface area contributed by atoms with Crippen LogP contribution in [0.25, 0.3) is 5.69 Å². The van der Waals surface area contributed by atoms with E-state index in [0.717, 1.165) is 22.5 Å². The SMILES string of the molecule is Cc1ccc(-n2nnc(C(=O)Nc3c(C)cccc3C)c2C)cc1C. The Morgan fingerprint density at radius 1 is 0.920 bits per heavy atom. The lowest BCUT2D eigenvalue weighted by atomic mass is 10.1. The van der Waals surface area contributed by atoms with E-state index in [2.05, 4.69) is 29.5 Å². The van der Waals surface area contributed by atoms with Crippen LogP contribution < -0.4 is 5.32 Å². The standard InChI is InChI=1S/C20H22N4O/c1-12-9-10-17(11-15(12)4)24-16(5)19(22-23-24)20(25)21-18-13(2)7-6-8-14(18)3/h6-11H,1-5H3,(H,21,25). The Kier molecular flexibility index (Phi) is 4.40. The number of aryl methyl sites for hydroxylation is 4. The highest BCUT2D eigenvalue weighted by molar-refractivity contribution is 6.04. The number of benzene rings is 2. The fourth-order valence-electron chi connectivity index (χ4n) is 2.83. The average molecular weight is 334 g/mol.